The minimum Gasteiger partial charge on any atom is -0.357 e. The van der Waals surface area contributed by atoms with E-state index in [0.29, 0.717) is 6.54 Å². The summed E-state index contributed by atoms with van der Waals surface area (Å²) in [5.74, 6) is 1.04. The van der Waals surface area contributed by atoms with Gasteiger partial charge in [-0.1, -0.05) is 6.92 Å². The van der Waals surface area contributed by atoms with E-state index in [4.69, 9.17) is 4.99 Å². The fourth-order valence-corrected chi connectivity index (χ4v) is 2.87. The molecule has 0 radical (unpaired) electrons. The van der Waals surface area contributed by atoms with Crippen LogP contribution in [0.15, 0.2) is 11.2 Å². The molecule has 6 heteroatoms. The van der Waals surface area contributed by atoms with Crippen molar-refractivity contribution in [1.82, 2.24) is 15.2 Å². The molecule has 1 aromatic rings. The Labute approximate surface area is 136 Å². The Balaban J connectivity index is 0.00000180. The highest BCUT2D eigenvalue weighted by atomic mass is 127. The average Bonchev–Trinajstić information content (AvgIpc) is 3.05. The predicted octanol–water partition coefficient (Wildman–Crippen LogP) is 2.88. The SMILES string of the molecule is CCNC(=NCc1ncc(CC)s1)N1CCCC1.I. The molecule has 2 heterocycles. The zero-order chi connectivity index (χ0) is 12.8. The molecular formula is C13H23IN4S. The Kier molecular flexibility index (Phi) is 7.67. The number of rotatable bonds is 4. The highest BCUT2D eigenvalue weighted by molar-refractivity contribution is 14.0. The van der Waals surface area contributed by atoms with Crippen molar-refractivity contribution in [2.45, 2.75) is 39.7 Å². The van der Waals surface area contributed by atoms with E-state index in [0.717, 1.165) is 37.0 Å². The number of likely N-dealkylation sites (tertiary alicyclic amines) is 1. The lowest BCUT2D eigenvalue weighted by Crippen LogP contribution is -2.39. The molecule has 0 unspecified atom stereocenters. The second-order valence-corrected chi connectivity index (χ2v) is 5.64. The number of thiazole rings is 1. The molecule has 0 amide bonds. The summed E-state index contributed by atoms with van der Waals surface area (Å²) < 4.78 is 0. The number of hydrogen-bond donors (Lipinski definition) is 1. The van der Waals surface area contributed by atoms with Crippen LogP contribution in [-0.4, -0.2) is 35.5 Å². The van der Waals surface area contributed by atoms with Gasteiger partial charge in [-0.2, -0.15) is 0 Å². The van der Waals surface area contributed by atoms with Gasteiger partial charge in [0.15, 0.2) is 5.96 Å². The Bertz CT molecular complexity index is 399. The first-order valence-electron chi connectivity index (χ1n) is 6.80. The Morgan fingerprint density at radius 2 is 2.16 bits per heavy atom. The molecule has 0 bridgehead atoms. The Morgan fingerprint density at radius 3 is 2.74 bits per heavy atom. The monoisotopic (exact) mass is 394 g/mol. The maximum atomic E-state index is 4.69. The van der Waals surface area contributed by atoms with Crippen molar-refractivity contribution in [3.05, 3.63) is 16.1 Å². The molecule has 0 atom stereocenters. The molecule has 0 spiro atoms. The van der Waals surface area contributed by atoms with Crippen LogP contribution < -0.4 is 5.32 Å². The van der Waals surface area contributed by atoms with E-state index >= 15 is 0 Å². The van der Waals surface area contributed by atoms with Gasteiger partial charge in [-0.25, -0.2) is 9.98 Å². The average molecular weight is 394 g/mol. The number of nitrogens with one attached hydrogen (secondary N) is 1. The van der Waals surface area contributed by atoms with Crippen molar-refractivity contribution in [3.63, 3.8) is 0 Å². The molecule has 1 aliphatic rings. The number of aryl methyl sites for hydroxylation is 1. The Morgan fingerprint density at radius 1 is 1.42 bits per heavy atom. The van der Waals surface area contributed by atoms with Gasteiger partial charge in [-0.05, 0) is 26.2 Å². The fraction of sp³-hybridized carbons (Fsp3) is 0.692. The molecule has 1 N–H and O–H groups in total. The molecule has 1 fully saturated rings. The van der Waals surface area contributed by atoms with Crippen LogP contribution in [0.25, 0.3) is 0 Å². The number of halogens is 1. The largest absolute Gasteiger partial charge is 0.357 e. The van der Waals surface area contributed by atoms with Gasteiger partial charge >= 0.3 is 0 Å². The van der Waals surface area contributed by atoms with E-state index in [1.807, 2.05) is 6.20 Å². The molecule has 108 valence electrons. The number of aliphatic imine (C=N–C) groups is 1. The van der Waals surface area contributed by atoms with E-state index in [-0.39, 0.29) is 24.0 Å². The van der Waals surface area contributed by atoms with Gasteiger partial charge in [-0.3, -0.25) is 0 Å². The third-order valence-electron chi connectivity index (χ3n) is 3.05. The summed E-state index contributed by atoms with van der Waals surface area (Å²) in [6.07, 6.45) is 5.59. The standard InChI is InChI=1S/C13H22N4S.HI/c1-3-11-9-15-12(18-11)10-16-13(14-4-2)17-7-5-6-8-17;/h9H,3-8,10H2,1-2H3,(H,14,16);1H. The van der Waals surface area contributed by atoms with Crippen molar-refractivity contribution in [2.75, 3.05) is 19.6 Å². The Hall–Kier alpha value is -0.370. The molecule has 0 saturated carbocycles. The summed E-state index contributed by atoms with van der Waals surface area (Å²) in [7, 11) is 0. The zero-order valence-corrected chi connectivity index (χ0v) is 14.8. The summed E-state index contributed by atoms with van der Waals surface area (Å²) in [5.41, 5.74) is 0. The maximum absolute atomic E-state index is 4.69. The summed E-state index contributed by atoms with van der Waals surface area (Å²) in [5, 5.41) is 4.48. The van der Waals surface area contributed by atoms with Gasteiger partial charge < -0.3 is 10.2 Å². The van der Waals surface area contributed by atoms with Gasteiger partial charge in [0.1, 0.15) is 5.01 Å². The first kappa shape index (κ1) is 16.7. The van der Waals surface area contributed by atoms with Crippen molar-refractivity contribution >= 4 is 41.3 Å². The molecule has 1 aromatic heterocycles. The second kappa shape index (κ2) is 8.73. The summed E-state index contributed by atoms with van der Waals surface area (Å²) in [4.78, 5) is 12.8. The molecular weight excluding hydrogens is 371 g/mol. The minimum absolute atomic E-state index is 0. The normalized spacial score (nSPS) is 15.5. The summed E-state index contributed by atoms with van der Waals surface area (Å²) >= 11 is 1.77. The fourth-order valence-electron chi connectivity index (χ4n) is 2.08. The van der Waals surface area contributed by atoms with Crippen molar-refractivity contribution in [1.29, 1.82) is 0 Å². The molecule has 19 heavy (non-hydrogen) atoms. The lowest BCUT2D eigenvalue weighted by molar-refractivity contribution is 0.493. The van der Waals surface area contributed by atoms with Crippen LogP contribution in [0.5, 0.6) is 0 Å². The van der Waals surface area contributed by atoms with Gasteiger partial charge in [0.25, 0.3) is 0 Å². The first-order chi connectivity index (χ1) is 8.83. The van der Waals surface area contributed by atoms with Crippen LogP contribution in [0.2, 0.25) is 0 Å². The molecule has 0 aliphatic carbocycles. The molecule has 4 nitrogen and oxygen atoms in total. The van der Waals surface area contributed by atoms with E-state index in [9.17, 15) is 0 Å². The van der Waals surface area contributed by atoms with Crippen molar-refractivity contribution in [3.8, 4) is 0 Å². The molecule has 0 aromatic carbocycles. The third kappa shape index (κ3) is 4.91. The van der Waals surface area contributed by atoms with Crippen LogP contribution >= 0.6 is 35.3 Å². The van der Waals surface area contributed by atoms with E-state index in [2.05, 4.69) is 29.0 Å². The first-order valence-corrected chi connectivity index (χ1v) is 7.62. The van der Waals surface area contributed by atoms with Crippen LogP contribution in [0.4, 0.5) is 0 Å². The van der Waals surface area contributed by atoms with Crippen molar-refractivity contribution < 1.29 is 0 Å². The maximum Gasteiger partial charge on any atom is 0.194 e. The predicted molar refractivity (Wildman–Crippen MR) is 92.5 cm³/mol. The van der Waals surface area contributed by atoms with Gasteiger partial charge in [-0.15, -0.1) is 35.3 Å². The van der Waals surface area contributed by atoms with Crippen LogP contribution in [0.1, 0.15) is 36.6 Å². The van der Waals surface area contributed by atoms with Gasteiger partial charge in [0.2, 0.25) is 0 Å². The number of nitrogens with zero attached hydrogens (tertiary/aromatic N) is 3. The molecule has 2 rings (SSSR count). The number of guanidine groups is 1. The lowest BCUT2D eigenvalue weighted by Gasteiger charge is -2.20. The van der Waals surface area contributed by atoms with E-state index in [1.165, 1.54) is 17.7 Å². The molecule has 1 aliphatic heterocycles. The minimum atomic E-state index is 0. The summed E-state index contributed by atoms with van der Waals surface area (Å²) in [6, 6.07) is 0. The highest BCUT2D eigenvalue weighted by Gasteiger charge is 2.15. The van der Waals surface area contributed by atoms with Crippen LogP contribution in [0.3, 0.4) is 0 Å². The van der Waals surface area contributed by atoms with Gasteiger partial charge in [0.05, 0.1) is 6.54 Å². The third-order valence-corrected chi connectivity index (χ3v) is 4.18. The second-order valence-electron chi connectivity index (χ2n) is 4.44. The van der Waals surface area contributed by atoms with Crippen molar-refractivity contribution in [2.24, 2.45) is 4.99 Å². The van der Waals surface area contributed by atoms with E-state index in [1.54, 1.807) is 11.3 Å². The number of aromatic nitrogens is 1. The highest BCUT2D eigenvalue weighted by Crippen LogP contribution is 2.15. The topological polar surface area (TPSA) is 40.5 Å². The lowest BCUT2D eigenvalue weighted by atomic mass is 10.4. The zero-order valence-electron chi connectivity index (χ0n) is 11.7. The van der Waals surface area contributed by atoms with Gasteiger partial charge in [0, 0.05) is 30.7 Å². The smallest absolute Gasteiger partial charge is 0.194 e. The molecule has 1 saturated heterocycles. The van der Waals surface area contributed by atoms with E-state index < -0.39 is 0 Å². The number of hydrogen-bond acceptors (Lipinski definition) is 3. The van der Waals surface area contributed by atoms with Crippen LogP contribution in [-0.2, 0) is 13.0 Å². The van der Waals surface area contributed by atoms with Crippen LogP contribution in [0, 0.1) is 0 Å². The quantitative estimate of drug-likeness (QED) is 0.485. The summed E-state index contributed by atoms with van der Waals surface area (Å²) in [6.45, 7) is 8.16.